The van der Waals surface area contributed by atoms with Gasteiger partial charge in [-0.15, -0.1) is 0 Å². The first-order valence-electron chi connectivity index (χ1n) is 9.22. The van der Waals surface area contributed by atoms with E-state index in [4.69, 9.17) is 4.98 Å². The molecule has 0 amide bonds. The van der Waals surface area contributed by atoms with Gasteiger partial charge in [0.05, 0.1) is 6.20 Å². The first kappa shape index (κ1) is 16.2. The Morgan fingerprint density at radius 2 is 2.04 bits per heavy atom. The van der Waals surface area contributed by atoms with Crippen LogP contribution < -0.4 is 5.56 Å². The van der Waals surface area contributed by atoms with Gasteiger partial charge in [-0.3, -0.25) is 4.79 Å². The van der Waals surface area contributed by atoms with E-state index in [-0.39, 0.29) is 5.56 Å². The highest BCUT2D eigenvalue weighted by Crippen LogP contribution is 2.26. The third kappa shape index (κ3) is 4.01. The summed E-state index contributed by atoms with van der Waals surface area (Å²) < 4.78 is 1.91. The van der Waals surface area contributed by atoms with Crippen molar-refractivity contribution in [2.24, 2.45) is 5.92 Å². The van der Waals surface area contributed by atoms with Crippen LogP contribution in [0.2, 0.25) is 0 Å². The van der Waals surface area contributed by atoms with E-state index >= 15 is 0 Å². The summed E-state index contributed by atoms with van der Waals surface area (Å²) in [6.45, 7) is 3.06. The van der Waals surface area contributed by atoms with Crippen LogP contribution >= 0.6 is 0 Å². The number of aromatic nitrogens is 4. The summed E-state index contributed by atoms with van der Waals surface area (Å²) in [5.74, 6) is 1.51. The molecule has 5 nitrogen and oxygen atoms in total. The number of hydrogen-bond donors (Lipinski definition) is 1. The van der Waals surface area contributed by atoms with Crippen molar-refractivity contribution < 1.29 is 0 Å². The van der Waals surface area contributed by atoms with E-state index in [1.807, 2.05) is 4.68 Å². The van der Waals surface area contributed by atoms with E-state index in [0.29, 0.717) is 11.3 Å². The topological polar surface area (TPSA) is 63.6 Å². The van der Waals surface area contributed by atoms with E-state index in [1.54, 1.807) is 6.20 Å². The maximum Gasteiger partial charge on any atom is 0.262 e. The molecule has 2 aromatic heterocycles. The van der Waals surface area contributed by atoms with Crippen LogP contribution in [0.3, 0.4) is 0 Å². The van der Waals surface area contributed by atoms with E-state index in [1.165, 1.54) is 51.4 Å². The Bertz CT molecular complexity index is 682. The monoisotopic (exact) mass is 316 g/mol. The van der Waals surface area contributed by atoms with Crippen molar-refractivity contribution in [2.45, 2.75) is 77.7 Å². The fourth-order valence-electron chi connectivity index (χ4n) is 3.62. The van der Waals surface area contributed by atoms with Crippen molar-refractivity contribution >= 4 is 11.0 Å². The molecule has 3 rings (SSSR count). The molecule has 1 N–H and O–H groups in total. The zero-order chi connectivity index (χ0) is 16.1. The average Bonchev–Trinajstić information content (AvgIpc) is 2.96. The third-order valence-corrected chi connectivity index (χ3v) is 4.99. The molecule has 0 saturated heterocycles. The Morgan fingerprint density at radius 3 is 2.83 bits per heavy atom. The van der Waals surface area contributed by atoms with E-state index < -0.39 is 0 Å². The first-order chi connectivity index (χ1) is 11.3. The summed E-state index contributed by atoms with van der Waals surface area (Å²) in [6, 6.07) is 0. The molecule has 5 heteroatoms. The van der Waals surface area contributed by atoms with Crippen molar-refractivity contribution in [2.75, 3.05) is 0 Å². The summed E-state index contributed by atoms with van der Waals surface area (Å²) in [5, 5.41) is 4.99. The molecule has 0 spiro atoms. The van der Waals surface area contributed by atoms with Gasteiger partial charge in [-0.05, 0) is 12.3 Å². The Morgan fingerprint density at radius 1 is 1.22 bits per heavy atom. The molecule has 0 bridgehead atoms. The number of hydrogen-bond acceptors (Lipinski definition) is 3. The molecule has 1 aliphatic carbocycles. The Labute approximate surface area is 137 Å². The minimum atomic E-state index is -0.0411. The van der Waals surface area contributed by atoms with Crippen LogP contribution in [0.4, 0.5) is 0 Å². The quantitative estimate of drug-likeness (QED) is 0.790. The maximum absolute atomic E-state index is 12.3. The zero-order valence-corrected chi connectivity index (χ0v) is 14.2. The highest BCUT2D eigenvalue weighted by Gasteiger charge is 2.17. The zero-order valence-electron chi connectivity index (χ0n) is 14.2. The van der Waals surface area contributed by atoms with Crippen LogP contribution in [0.1, 0.15) is 70.5 Å². The fourth-order valence-corrected chi connectivity index (χ4v) is 3.62. The average molecular weight is 316 g/mol. The van der Waals surface area contributed by atoms with Gasteiger partial charge >= 0.3 is 0 Å². The third-order valence-electron chi connectivity index (χ3n) is 4.99. The van der Waals surface area contributed by atoms with Crippen LogP contribution in [-0.4, -0.2) is 19.7 Å². The van der Waals surface area contributed by atoms with Crippen LogP contribution in [0.25, 0.3) is 11.0 Å². The van der Waals surface area contributed by atoms with Crippen LogP contribution in [0.5, 0.6) is 0 Å². The normalized spacial score (nSPS) is 16.2. The van der Waals surface area contributed by atoms with E-state index in [9.17, 15) is 4.79 Å². The molecule has 1 fully saturated rings. The SMILES string of the molecule is CCCCCCn1ncc2c(=O)[nH]c(CC3CCCCC3)nc21. The Hall–Kier alpha value is -1.65. The second-order valence-electron chi connectivity index (χ2n) is 6.89. The summed E-state index contributed by atoms with van der Waals surface area (Å²) in [7, 11) is 0. The lowest BCUT2D eigenvalue weighted by Gasteiger charge is -2.20. The lowest BCUT2D eigenvalue weighted by Crippen LogP contribution is -2.17. The fraction of sp³-hybridized carbons (Fsp3) is 0.722. The number of rotatable bonds is 7. The number of aryl methyl sites for hydroxylation is 1. The first-order valence-corrected chi connectivity index (χ1v) is 9.22. The second-order valence-corrected chi connectivity index (χ2v) is 6.89. The van der Waals surface area contributed by atoms with Crippen molar-refractivity contribution in [3.05, 3.63) is 22.4 Å². The highest BCUT2D eigenvalue weighted by molar-refractivity contribution is 5.73. The second kappa shape index (κ2) is 7.75. The van der Waals surface area contributed by atoms with E-state index in [2.05, 4.69) is 17.0 Å². The molecular formula is C18H28N4O. The number of nitrogens with zero attached hydrogens (tertiary/aromatic N) is 3. The molecule has 2 aromatic rings. The molecule has 2 heterocycles. The number of nitrogens with one attached hydrogen (secondary N) is 1. The van der Waals surface area contributed by atoms with Gasteiger partial charge < -0.3 is 4.98 Å². The Kier molecular flexibility index (Phi) is 5.47. The molecule has 0 unspecified atom stereocenters. The number of aromatic amines is 1. The minimum absolute atomic E-state index is 0.0411. The standard InChI is InChI=1S/C18H28N4O/c1-2-3-4-8-11-22-17-15(13-19-22)18(23)21-16(20-17)12-14-9-6-5-7-10-14/h13-14H,2-12H2,1H3,(H,20,21,23). The van der Waals surface area contributed by atoms with Crippen LogP contribution in [-0.2, 0) is 13.0 Å². The molecule has 1 aliphatic rings. The van der Waals surface area contributed by atoms with Gasteiger partial charge in [0.15, 0.2) is 5.65 Å². The van der Waals surface area contributed by atoms with Gasteiger partial charge in [-0.2, -0.15) is 5.10 Å². The number of H-pyrrole nitrogens is 1. The smallest absolute Gasteiger partial charge is 0.262 e. The summed E-state index contributed by atoms with van der Waals surface area (Å²) in [6.07, 6.45) is 13.8. The van der Waals surface area contributed by atoms with Crippen molar-refractivity contribution in [3.63, 3.8) is 0 Å². The molecule has 0 aliphatic heterocycles. The molecule has 0 atom stereocenters. The van der Waals surface area contributed by atoms with Crippen LogP contribution in [0, 0.1) is 5.92 Å². The van der Waals surface area contributed by atoms with Gasteiger partial charge in [0.2, 0.25) is 0 Å². The number of unbranched alkanes of at least 4 members (excludes halogenated alkanes) is 3. The Balaban J connectivity index is 1.76. The minimum Gasteiger partial charge on any atom is -0.310 e. The number of fused-ring (bicyclic) bond motifs is 1. The van der Waals surface area contributed by atoms with Crippen molar-refractivity contribution in [3.8, 4) is 0 Å². The summed E-state index contributed by atoms with van der Waals surface area (Å²) in [5.41, 5.74) is 0.719. The lowest BCUT2D eigenvalue weighted by atomic mass is 9.87. The molecule has 0 aromatic carbocycles. The maximum atomic E-state index is 12.3. The van der Waals surface area contributed by atoms with Crippen molar-refractivity contribution in [1.82, 2.24) is 19.7 Å². The van der Waals surface area contributed by atoms with Crippen molar-refractivity contribution in [1.29, 1.82) is 0 Å². The molecule has 0 radical (unpaired) electrons. The van der Waals surface area contributed by atoms with Gasteiger partial charge in [-0.1, -0.05) is 58.3 Å². The van der Waals surface area contributed by atoms with Gasteiger partial charge in [0.1, 0.15) is 11.2 Å². The highest BCUT2D eigenvalue weighted by atomic mass is 16.1. The molecule has 23 heavy (non-hydrogen) atoms. The largest absolute Gasteiger partial charge is 0.310 e. The lowest BCUT2D eigenvalue weighted by molar-refractivity contribution is 0.351. The molecule has 1 saturated carbocycles. The predicted octanol–water partition coefficient (Wildman–Crippen LogP) is 3.82. The van der Waals surface area contributed by atoms with Crippen LogP contribution in [0.15, 0.2) is 11.0 Å². The van der Waals surface area contributed by atoms with Gasteiger partial charge in [0, 0.05) is 13.0 Å². The van der Waals surface area contributed by atoms with E-state index in [0.717, 1.165) is 30.9 Å². The predicted molar refractivity (Wildman–Crippen MR) is 92.6 cm³/mol. The summed E-state index contributed by atoms with van der Waals surface area (Å²) in [4.78, 5) is 20.0. The van der Waals surface area contributed by atoms with Gasteiger partial charge in [-0.25, -0.2) is 9.67 Å². The van der Waals surface area contributed by atoms with Gasteiger partial charge in [0.25, 0.3) is 5.56 Å². The molecule has 126 valence electrons. The molecular weight excluding hydrogens is 288 g/mol. The summed E-state index contributed by atoms with van der Waals surface area (Å²) >= 11 is 0.